The van der Waals surface area contributed by atoms with Gasteiger partial charge in [-0.2, -0.15) is 4.31 Å². The Balaban J connectivity index is 1.98. The summed E-state index contributed by atoms with van der Waals surface area (Å²) in [4.78, 5) is 12.2. The molecule has 0 spiro atoms. The average Bonchev–Trinajstić information content (AvgIpc) is 3.11. The highest BCUT2D eigenvalue weighted by atomic mass is 32.2. The minimum atomic E-state index is -3.56. The van der Waals surface area contributed by atoms with Gasteiger partial charge >= 0.3 is 0 Å². The van der Waals surface area contributed by atoms with Gasteiger partial charge in [0.15, 0.2) is 11.5 Å². The molecule has 0 saturated carbocycles. The first-order chi connectivity index (χ1) is 12.3. The van der Waals surface area contributed by atoms with Crippen LogP contribution in [0.25, 0.3) is 0 Å². The monoisotopic (exact) mass is 382 g/mol. The van der Waals surface area contributed by atoms with Crippen LogP contribution < -0.4 is 14.8 Å². The van der Waals surface area contributed by atoms with Crippen molar-refractivity contribution in [1.29, 1.82) is 0 Å². The molecule has 0 fully saturated rings. The molecule has 9 heteroatoms. The minimum Gasteiger partial charge on any atom is -0.493 e. The predicted octanol–water partition coefficient (Wildman–Crippen LogP) is 1.37. The van der Waals surface area contributed by atoms with Crippen molar-refractivity contribution in [1.82, 2.24) is 9.62 Å². The van der Waals surface area contributed by atoms with Gasteiger partial charge < -0.3 is 19.2 Å². The van der Waals surface area contributed by atoms with Crippen molar-refractivity contribution in [2.75, 3.05) is 27.0 Å². The van der Waals surface area contributed by atoms with Gasteiger partial charge in [-0.15, -0.1) is 0 Å². The molecular weight excluding hydrogens is 360 g/mol. The van der Waals surface area contributed by atoms with E-state index in [0.717, 1.165) is 16.1 Å². The zero-order chi connectivity index (χ0) is 19.2. The van der Waals surface area contributed by atoms with E-state index in [2.05, 4.69) is 5.32 Å². The third-order valence-corrected chi connectivity index (χ3v) is 4.84. The fourth-order valence-corrected chi connectivity index (χ4v) is 2.99. The summed E-state index contributed by atoms with van der Waals surface area (Å²) in [6.07, 6.45) is 2.50. The number of hydrogen-bond donors (Lipinski definition) is 1. The second-order valence-electron chi connectivity index (χ2n) is 5.58. The molecule has 0 saturated heterocycles. The SMILES string of the molecule is COc1ccc(CNC(=O)CN(Cc2ccco2)S(C)(=O)=O)cc1OC. The predicted molar refractivity (Wildman–Crippen MR) is 95.4 cm³/mol. The molecule has 1 N–H and O–H groups in total. The maximum atomic E-state index is 12.2. The molecule has 142 valence electrons. The first-order valence-corrected chi connectivity index (χ1v) is 9.63. The quantitative estimate of drug-likeness (QED) is 0.703. The Hall–Kier alpha value is -2.52. The van der Waals surface area contributed by atoms with Gasteiger partial charge in [-0.1, -0.05) is 6.07 Å². The Kier molecular flexibility index (Phi) is 6.64. The Morgan fingerprint density at radius 1 is 1.19 bits per heavy atom. The van der Waals surface area contributed by atoms with Crippen LogP contribution in [-0.2, 0) is 27.9 Å². The average molecular weight is 382 g/mol. The largest absolute Gasteiger partial charge is 0.493 e. The molecule has 1 aromatic heterocycles. The standard InChI is InChI=1S/C17H22N2O6S/c1-23-15-7-6-13(9-16(15)24-2)10-18-17(20)12-19(26(3,21)22)11-14-5-4-8-25-14/h4-9H,10-12H2,1-3H3,(H,18,20). The molecule has 0 radical (unpaired) electrons. The minimum absolute atomic E-state index is 0.00435. The normalized spacial score (nSPS) is 11.4. The molecular formula is C17H22N2O6S. The van der Waals surface area contributed by atoms with Gasteiger partial charge in [0.2, 0.25) is 15.9 Å². The second-order valence-corrected chi connectivity index (χ2v) is 7.56. The lowest BCUT2D eigenvalue weighted by Gasteiger charge is -2.18. The van der Waals surface area contributed by atoms with Crippen molar-refractivity contribution in [2.24, 2.45) is 0 Å². The summed E-state index contributed by atoms with van der Waals surface area (Å²) in [6.45, 7) is -0.0695. The zero-order valence-electron chi connectivity index (χ0n) is 14.9. The number of furan rings is 1. The second kappa shape index (κ2) is 8.72. The molecule has 0 aliphatic carbocycles. The number of sulfonamides is 1. The van der Waals surface area contributed by atoms with Crippen LogP contribution >= 0.6 is 0 Å². The molecule has 0 bridgehead atoms. The maximum absolute atomic E-state index is 12.2. The molecule has 0 aliphatic heterocycles. The number of amides is 1. The van der Waals surface area contributed by atoms with Gasteiger partial charge in [-0.05, 0) is 29.8 Å². The molecule has 8 nitrogen and oxygen atoms in total. The molecule has 2 rings (SSSR count). The summed E-state index contributed by atoms with van der Waals surface area (Å²) in [5, 5.41) is 2.70. The Morgan fingerprint density at radius 2 is 1.92 bits per heavy atom. The number of nitrogens with one attached hydrogen (secondary N) is 1. The van der Waals surface area contributed by atoms with Gasteiger partial charge in [0, 0.05) is 6.54 Å². The number of benzene rings is 1. The van der Waals surface area contributed by atoms with Crippen molar-refractivity contribution >= 4 is 15.9 Å². The van der Waals surface area contributed by atoms with E-state index in [4.69, 9.17) is 13.9 Å². The third-order valence-electron chi connectivity index (χ3n) is 3.64. The summed E-state index contributed by atoms with van der Waals surface area (Å²) < 4.78 is 40.4. The Morgan fingerprint density at radius 3 is 2.50 bits per heavy atom. The summed E-state index contributed by atoms with van der Waals surface area (Å²) in [5.74, 6) is 1.18. The van der Waals surface area contributed by atoms with Crippen LogP contribution in [0.15, 0.2) is 41.0 Å². The van der Waals surface area contributed by atoms with E-state index in [0.29, 0.717) is 17.3 Å². The Labute approximate surface area is 152 Å². The molecule has 0 aliphatic rings. The van der Waals surface area contributed by atoms with Crippen LogP contribution in [0.5, 0.6) is 11.5 Å². The van der Waals surface area contributed by atoms with Gasteiger partial charge in [0.1, 0.15) is 5.76 Å². The van der Waals surface area contributed by atoms with Gasteiger partial charge in [0.25, 0.3) is 0 Å². The van der Waals surface area contributed by atoms with E-state index in [9.17, 15) is 13.2 Å². The molecule has 1 aromatic carbocycles. The lowest BCUT2D eigenvalue weighted by Crippen LogP contribution is -2.39. The van der Waals surface area contributed by atoms with E-state index in [-0.39, 0.29) is 19.6 Å². The van der Waals surface area contributed by atoms with Crippen LogP contribution in [0.4, 0.5) is 0 Å². The number of carbonyl (C=O) groups excluding carboxylic acids is 1. The molecule has 0 atom stereocenters. The smallest absolute Gasteiger partial charge is 0.235 e. The number of carbonyl (C=O) groups is 1. The van der Waals surface area contributed by atoms with E-state index in [1.54, 1.807) is 30.3 Å². The fourth-order valence-electron chi connectivity index (χ4n) is 2.27. The van der Waals surface area contributed by atoms with E-state index < -0.39 is 15.9 Å². The fraction of sp³-hybridized carbons (Fsp3) is 0.353. The highest BCUT2D eigenvalue weighted by Crippen LogP contribution is 2.27. The number of rotatable bonds is 9. The lowest BCUT2D eigenvalue weighted by atomic mass is 10.2. The Bertz CT molecular complexity index is 833. The summed E-state index contributed by atoms with van der Waals surface area (Å²) in [5.41, 5.74) is 0.799. The first-order valence-electron chi connectivity index (χ1n) is 7.78. The van der Waals surface area contributed by atoms with Crippen LogP contribution in [0, 0.1) is 0 Å². The first kappa shape index (κ1) is 19.8. The number of ether oxygens (including phenoxy) is 2. The highest BCUT2D eigenvalue weighted by molar-refractivity contribution is 7.88. The van der Waals surface area contributed by atoms with Crippen molar-refractivity contribution in [3.8, 4) is 11.5 Å². The summed E-state index contributed by atoms with van der Waals surface area (Å²) in [6, 6.07) is 8.59. The van der Waals surface area contributed by atoms with Crippen LogP contribution in [0.2, 0.25) is 0 Å². The van der Waals surface area contributed by atoms with Crippen molar-refractivity contribution in [2.45, 2.75) is 13.1 Å². The van der Waals surface area contributed by atoms with Gasteiger partial charge in [-0.25, -0.2) is 8.42 Å². The van der Waals surface area contributed by atoms with E-state index >= 15 is 0 Å². The van der Waals surface area contributed by atoms with Gasteiger partial charge in [-0.3, -0.25) is 4.79 Å². The zero-order valence-corrected chi connectivity index (χ0v) is 15.7. The molecule has 26 heavy (non-hydrogen) atoms. The number of hydrogen-bond acceptors (Lipinski definition) is 6. The maximum Gasteiger partial charge on any atom is 0.235 e. The topological polar surface area (TPSA) is 98.1 Å². The van der Waals surface area contributed by atoms with Crippen molar-refractivity contribution < 1.29 is 27.1 Å². The summed E-state index contributed by atoms with van der Waals surface area (Å²) in [7, 11) is -0.496. The van der Waals surface area contributed by atoms with E-state index in [1.165, 1.54) is 20.5 Å². The van der Waals surface area contributed by atoms with Crippen LogP contribution in [0.1, 0.15) is 11.3 Å². The van der Waals surface area contributed by atoms with E-state index in [1.807, 2.05) is 0 Å². The molecule has 1 amide bonds. The third kappa shape index (κ3) is 5.50. The highest BCUT2D eigenvalue weighted by Gasteiger charge is 2.21. The number of methoxy groups -OCH3 is 2. The number of nitrogens with zero attached hydrogens (tertiary/aromatic N) is 1. The molecule has 2 aromatic rings. The summed E-state index contributed by atoms with van der Waals surface area (Å²) >= 11 is 0. The van der Waals surface area contributed by atoms with Crippen LogP contribution in [0.3, 0.4) is 0 Å². The molecule has 0 unspecified atom stereocenters. The lowest BCUT2D eigenvalue weighted by molar-refractivity contribution is -0.121. The van der Waals surface area contributed by atoms with Crippen LogP contribution in [-0.4, -0.2) is 45.7 Å². The van der Waals surface area contributed by atoms with Crippen molar-refractivity contribution in [3.05, 3.63) is 47.9 Å². The molecule has 1 heterocycles. The van der Waals surface area contributed by atoms with Gasteiger partial charge in [0.05, 0.1) is 39.8 Å². The van der Waals surface area contributed by atoms with Crippen molar-refractivity contribution in [3.63, 3.8) is 0 Å².